The van der Waals surface area contributed by atoms with Crippen molar-refractivity contribution in [1.29, 1.82) is 0 Å². The average Bonchev–Trinajstić information content (AvgIpc) is 3.14. The fourth-order valence-electron chi connectivity index (χ4n) is 3.96. The Bertz CT molecular complexity index is 1000. The van der Waals surface area contributed by atoms with Crippen LogP contribution in [0.1, 0.15) is 26.2 Å². The molecule has 7 nitrogen and oxygen atoms in total. The Balaban J connectivity index is 1.60. The van der Waals surface area contributed by atoms with Crippen LogP contribution in [0.2, 0.25) is 0 Å². The molecule has 1 N–H and O–H groups in total. The average molecular weight is 378 g/mol. The number of carbonyl (C=O) groups excluding carboxylic acids is 1. The summed E-state index contributed by atoms with van der Waals surface area (Å²) in [5.74, 6) is 0.687. The minimum absolute atomic E-state index is 0.0851. The number of hydrogen-bond donors (Lipinski definition) is 1. The summed E-state index contributed by atoms with van der Waals surface area (Å²) >= 11 is 0. The molecule has 2 aromatic heterocycles. The molecule has 0 saturated carbocycles. The minimum atomic E-state index is -0.300. The zero-order valence-electron chi connectivity index (χ0n) is 16.6. The smallest absolute Gasteiger partial charge is 0.231 e. The topological polar surface area (TPSA) is 75.9 Å². The van der Waals surface area contributed by atoms with Crippen LogP contribution >= 0.6 is 0 Å². The number of piperidine rings is 1. The molecular formula is C21H26N6O. The van der Waals surface area contributed by atoms with Crippen molar-refractivity contribution in [1.82, 2.24) is 24.9 Å². The van der Waals surface area contributed by atoms with Gasteiger partial charge in [0.2, 0.25) is 5.91 Å². The van der Waals surface area contributed by atoms with E-state index in [9.17, 15) is 4.79 Å². The first-order valence-corrected chi connectivity index (χ1v) is 9.76. The van der Waals surface area contributed by atoms with Crippen molar-refractivity contribution in [2.75, 3.05) is 25.5 Å². The molecule has 1 aromatic carbocycles. The molecule has 0 spiro atoms. The van der Waals surface area contributed by atoms with E-state index in [1.165, 1.54) is 0 Å². The molecule has 0 unspecified atom stereocenters. The minimum Gasteiger partial charge on any atom is -0.310 e. The molecule has 3 heterocycles. The SMILES string of the molecule is CCC1(C(=O)Nc2cc3cc(-c4cnnn4C)ccc3cn2)CCN(C)CC1. The number of pyridine rings is 1. The summed E-state index contributed by atoms with van der Waals surface area (Å²) < 4.78 is 1.75. The van der Waals surface area contributed by atoms with Crippen LogP contribution in [0, 0.1) is 5.41 Å². The summed E-state index contributed by atoms with van der Waals surface area (Å²) in [5.41, 5.74) is 1.68. The van der Waals surface area contributed by atoms with Crippen molar-refractivity contribution in [2.45, 2.75) is 26.2 Å². The summed E-state index contributed by atoms with van der Waals surface area (Å²) in [6.45, 7) is 4.01. The number of anilines is 1. The zero-order chi connectivity index (χ0) is 19.7. The normalized spacial score (nSPS) is 17.0. The van der Waals surface area contributed by atoms with Crippen molar-refractivity contribution in [3.05, 3.63) is 36.7 Å². The summed E-state index contributed by atoms with van der Waals surface area (Å²) in [6, 6.07) is 8.09. The number of nitrogens with one attached hydrogen (secondary N) is 1. The van der Waals surface area contributed by atoms with Crippen molar-refractivity contribution < 1.29 is 4.79 Å². The third-order valence-corrected chi connectivity index (χ3v) is 6.08. The largest absolute Gasteiger partial charge is 0.310 e. The lowest BCUT2D eigenvalue weighted by Gasteiger charge is -2.38. The maximum Gasteiger partial charge on any atom is 0.231 e. The van der Waals surface area contributed by atoms with Gasteiger partial charge in [0.15, 0.2) is 0 Å². The Morgan fingerprint density at radius 2 is 1.93 bits per heavy atom. The molecule has 146 valence electrons. The summed E-state index contributed by atoms with van der Waals surface area (Å²) in [7, 11) is 3.98. The molecule has 1 fully saturated rings. The maximum atomic E-state index is 13.1. The molecule has 3 aromatic rings. The van der Waals surface area contributed by atoms with Crippen LogP contribution in [-0.4, -0.2) is 50.9 Å². The van der Waals surface area contributed by atoms with Gasteiger partial charge < -0.3 is 10.2 Å². The van der Waals surface area contributed by atoms with E-state index in [2.05, 4.69) is 45.6 Å². The zero-order valence-corrected chi connectivity index (χ0v) is 16.6. The molecule has 1 saturated heterocycles. The van der Waals surface area contributed by atoms with Crippen LogP contribution in [0.4, 0.5) is 5.82 Å². The highest BCUT2D eigenvalue weighted by Gasteiger charge is 2.39. The third-order valence-electron chi connectivity index (χ3n) is 6.08. The van der Waals surface area contributed by atoms with Crippen LogP contribution in [0.15, 0.2) is 36.7 Å². The lowest BCUT2D eigenvalue weighted by Crippen LogP contribution is -2.45. The van der Waals surface area contributed by atoms with Gasteiger partial charge in [-0.2, -0.15) is 0 Å². The van der Waals surface area contributed by atoms with Gasteiger partial charge in [0.1, 0.15) is 5.82 Å². The number of carbonyl (C=O) groups is 1. The van der Waals surface area contributed by atoms with Crippen molar-refractivity contribution in [3.63, 3.8) is 0 Å². The third kappa shape index (κ3) is 3.38. The molecule has 7 heteroatoms. The first kappa shape index (κ1) is 18.6. The lowest BCUT2D eigenvalue weighted by molar-refractivity contribution is -0.128. The summed E-state index contributed by atoms with van der Waals surface area (Å²) in [5, 5.41) is 13.1. The molecule has 0 aliphatic carbocycles. The van der Waals surface area contributed by atoms with Crippen LogP contribution in [0.5, 0.6) is 0 Å². The van der Waals surface area contributed by atoms with Crippen LogP contribution in [0.25, 0.3) is 22.0 Å². The van der Waals surface area contributed by atoms with Gasteiger partial charge in [0.05, 0.1) is 17.3 Å². The number of aromatic nitrogens is 4. The van der Waals surface area contributed by atoms with Crippen molar-refractivity contribution >= 4 is 22.5 Å². The van der Waals surface area contributed by atoms with Gasteiger partial charge in [0.25, 0.3) is 0 Å². The quantitative estimate of drug-likeness (QED) is 0.755. The summed E-state index contributed by atoms with van der Waals surface area (Å²) in [6.07, 6.45) is 6.17. The Morgan fingerprint density at radius 1 is 1.14 bits per heavy atom. The molecular weight excluding hydrogens is 352 g/mol. The van der Waals surface area contributed by atoms with Crippen molar-refractivity contribution in [3.8, 4) is 11.3 Å². The fourth-order valence-corrected chi connectivity index (χ4v) is 3.96. The highest BCUT2D eigenvalue weighted by atomic mass is 16.2. The molecule has 1 aliphatic rings. The van der Waals surface area contributed by atoms with Gasteiger partial charge in [-0.05, 0) is 56.9 Å². The van der Waals surface area contributed by atoms with Gasteiger partial charge in [-0.15, -0.1) is 5.10 Å². The highest BCUT2D eigenvalue weighted by Crippen LogP contribution is 2.36. The second-order valence-corrected chi connectivity index (χ2v) is 7.77. The first-order chi connectivity index (χ1) is 13.5. The molecule has 1 amide bonds. The number of nitrogens with zero attached hydrogens (tertiary/aromatic N) is 5. The maximum absolute atomic E-state index is 13.1. The Morgan fingerprint density at radius 3 is 2.61 bits per heavy atom. The van der Waals surface area contributed by atoms with E-state index < -0.39 is 0 Å². The van der Waals surface area contributed by atoms with Gasteiger partial charge in [-0.25, -0.2) is 9.67 Å². The number of fused-ring (bicyclic) bond motifs is 1. The fraction of sp³-hybridized carbons (Fsp3) is 0.429. The lowest BCUT2D eigenvalue weighted by atomic mass is 9.75. The van der Waals surface area contributed by atoms with Gasteiger partial charge >= 0.3 is 0 Å². The van der Waals surface area contributed by atoms with E-state index in [-0.39, 0.29) is 11.3 Å². The van der Waals surface area contributed by atoms with E-state index in [1.807, 2.05) is 31.4 Å². The first-order valence-electron chi connectivity index (χ1n) is 9.76. The molecule has 4 rings (SSSR count). The predicted octanol–water partition coefficient (Wildman–Crippen LogP) is 3.09. The predicted molar refractivity (Wildman–Crippen MR) is 110 cm³/mol. The molecule has 0 bridgehead atoms. The van der Waals surface area contributed by atoms with E-state index in [1.54, 1.807) is 10.9 Å². The van der Waals surface area contributed by atoms with E-state index in [0.717, 1.165) is 54.4 Å². The number of likely N-dealkylation sites (tertiary alicyclic amines) is 1. The van der Waals surface area contributed by atoms with E-state index in [4.69, 9.17) is 0 Å². The van der Waals surface area contributed by atoms with E-state index in [0.29, 0.717) is 5.82 Å². The monoisotopic (exact) mass is 378 g/mol. The van der Waals surface area contributed by atoms with Crippen LogP contribution in [-0.2, 0) is 11.8 Å². The second-order valence-electron chi connectivity index (χ2n) is 7.77. The van der Waals surface area contributed by atoms with Crippen molar-refractivity contribution in [2.24, 2.45) is 12.5 Å². The van der Waals surface area contributed by atoms with Gasteiger partial charge in [-0.3, -0.25) is 4.79 Å². The molecule has 0 atom stereocenters. The highest BCUT2D eigenvalue weighted by molar-refractivity contribution is 5.97. The Labute approximate surface area is 164 Å². The molecule has 0 radical (unpaired) electrons. The Kier molecular flexibility index (Phi) is 4.85. The van der Waals surface area contributed by atoms with Crippen LogP contribution < -0.4 is 5.32 Å². The summed E-state index contributed by atoms with van der Waals surface area (Å²) in [4.78, 5) is 19.8. The van der Waals surface area contributed by atoms with Gasteiger partial charge in [0, 0.05) is 24.2 Å². The number of hydrogen-bond acceptors (Lipinski definition) is 5. The number of amides is 1. The second kappa shape index (κ2) is 7.31. The number of benzene rings is 1. The molecule has 28 heavy (non-hydrogen) atoms. The Hall–Kier alpha value is -2.80. The standard InChI is InChI=1S/C21H26N6O/c1-4-21(7-9-26(2)10-8-21)20(28)24-19-12-17-11-15(5-6-16(17)13-22-19)18-14-23-25-27(18)3/h5-6,11-14H,4,7-10H2,1-3H3,(H,22,24,28). The van der Waals surface area contributed by atoms with Crippen LogP contribution in [0.3, 0.4) is 0 Å². The molecule has 1 aliphatic heterocycles. The van der Waals surface area contributed by atoms with Gasteiger partial charge in [-0.1, -0.05) is 24.3 Å². The number of aryl methyl sites for hydroxylation is 1. The number of rotatable bonds is 4. The van der Waals surface area contributed by atoms with E-state index >= 15 is 0 Å².